The second kappa shape index (κ2) is 11.9. The van der Waals surface area contributed by atoms with Gasteiger partial charge in [-0.25, -0.2) is 0 Å². The van der Waals surface area contributed by atoms with E-state index in [0.717, 1.165) is 5.92 Å². The smallest absolute Gasteiger partial charge is 0.0130 e. The van der Waals surface area contributed by atoms with Crippen molar-refractivity contribution in [2.24, 2.45) is 11.8 Å². The summed E-state index contributed by atoms with van der Waals surface area (Å²) in [6, 6.07) is 6.66. The SMILES string of the molecule is CC(C)C1=CC=CC1.CC1=CC(C(C)C)=CC1.Cc1ccc(C(C)C)c(C)c1. The van der Waals surface area contributed by atoms with E-state index < -0.39 is 0 Å². The summed E-state index contributed by atoms with van der Waals surface area (Å²) in [4.78, 5) is 0. The Balaban J connectivity index is 0.000000213. The molecule has 0 bridgehead atoms. The largest absolute Gasteiger partial charge is 0.0805 e. The minimum absolute atomic E-state index is 0.649. The maximum absolute atomic E-state index is 2.32. The molecular formula is C28H42. The van der Waals surface area contributed by atoms with Crippen LogP contribution in [0.5, 0.6) is 0 Å². The Morgan fingerprint density at radius 3 is 1.79 bits per heavy atom. The second-order valence-corrected chi connectivity index (χ2v) is 9.10. The highest BCUT2D eigenvalue weighted by atomic mass is 14.1. The fraction of sp³-hybridized carbons (Fsp3) is 0.500. The molecule has 0 saturated carbocycles. The number of allylic oxidation sites excluding steroid dienone is 8. The molecule has 0 amide bonds. The van der Waals surface area contributed by atoms with Gasteiger partial charge in [-0.2, -0.15) is 0 Å². The first-order valence-corrected chi connectivity index (χ1v) is 10.9. The molecule has 0 atom stereocenters. The Morgan fingerprint density at radius 2 is 1.46 bits per heavy atom. The van der Waals surface area contributed by atoms with E-state index in [4.69, 9.17) is 0 Å². The maximum atomic E-state index is 2.32. The van der Waals surface area contributed by atoms with E-state index in [9.17, 15) is 0 Å². The average molecular weight is 379 g/mol. The third-order valence-electron chi connectivity index (χ3n) is 5.33. The quantitative estimate of drug-likeness (QED) is 0.492. The van der Waals surface area contributed by atoms with Crippen molar-refractivity contribution in [2.45, 2.75) is 81.1 Å². The lowest BCUT2D eigenvalue weighted by atomic mass is 9.97. The molecule has 0 saturated heterocycles. The molecule has 0 unspecified atom stereocenters. The van der Waals surface area contributed by atoms with Crippen LogP contribution in [0.1, 0.15) is 83.9 Å². The van der Waals surface area contributed by atoms with Gasteiger partial charge in [-0.1, -0.05) is 107 Å². The Hall–Kier alpha value is -1.82. The molecule has 0 aromatic heterocycles. The minimum atomic E-state index is 0.649. The van der Waals surface area contributed by atoms with E-state index in [1.54, 1.807) is 5.57 Å². The molecule has 2 aliphatic rings. The Morgan fingerprint density at radius 1 is 0.786 bits per heavy atom. The van der Waals surface area contributed by atoms with Gasteiger partial charge >= 0.3 is 0 Å². The van der Waals surface area contributed by atoms with Crippen molar-refractivity contribution in [1.82, 2.24) is 0 Å². The van der Waals surface area contributed by atoms with Crippen LogP contribution in [0.4, 0.5) is 0 Å². The second-order valence-electron chi connectivity index (χ2n) is 9.10. The molecule has 0 radical (unpaired) electrons. The molecule has 0 N–H and O–H groups in total. The Bertz CT molecular complexity index is 733. The van der Waals surface area contributed by atoms with Crippen LogP contribution < -0.4 is 0 Å². The lowest BCUT2D eigenvalue weighted by Crippen LogP contribution is -1.91. The van der Waals surface area contributed by atoms with Crippen LogP contribution in [-0.2, 0) is 0 Å². The van der Waals surface area contributed by atoms with E-state index in [1.807, 2.05) is 0 Å². The first-order valence-electron chi connectivity index (χ1n) is 10.9. The topological polar surface area (TPSA) is 0 Å². The lowest BCUT2D eigenvalue weighted by Gasteiger charge is -2.09. The van der Waals surface area contributed by atoms with Crippen LogP contribution >= 0.6 is 0 Å². The summed E-state index contributed by atoms with van der Waals surface area (Å²) in [6.45, 7) is 19.9. The van der Waals surface area contributed by atoms with Gasteiger partial charge in [0.15, 0.2) is 0 Å². The summed E-state index contributed by atoms with van der Waals surface area (Å²) in [5.74, 6) is 2.10. The number of aryl methyl sites for hydroxylation is 2. The summed E-state index contributed by atoms with van der Waals surface area (Å²) >= 11 is 0. The number of benzene rings is 1. The summed E-state index contributed by atoms with van der Waals surface area (Å²) in [5, 5.41) is 0. The summed E-state index contributed by atoms with van der Waals surface area (Å²) in [7, 11) is 0. The van der Waals surface area contributed by atoms with Crippen LogP contribution in [0.2, 0.25) is 0 Å². The van der Waals surface area contributed by atoms with Crippen molar-refractivity contribution >= 4 is 0 Å². The molecular weight excluding hydrogens is 336 g/mol. The average Bonchev–Trinajstić information content (AvgIpc) is 3.27. The molecule has 0 spiro atoms. The van der Waals surface area contributed by atoms with Gasteiger partial charge in [0.1, 0.15) is 0 Å². The van der Waals surface area contributed by atoms with Crippen LogP contribution in [0.15, 0.2) is 65.3 Å². The molecule has 0 heteroatoms. The predicted molar refractivity (Wildman–Crippen MR) is 128 cm³/mol. The highest BCUT2D eigenvalue weighted by Gasteiger charge is 2.05. The van der Waals surface area contributed by atoms with Gasteiger partial charge in [-0.3, -0.25) is 0 Å². The molecule has 3 rings (SSSR count). The van der Waals surface area contributed by atoms with E-state index in [1.165, 1.54) is 40.7 Å². The zero-order valence-electron chi connectivity index (χ0n) is 19.8. The van der Waals surface area contributed by atoms with Gasteiger partial charge in [-0.15, -0.1) is 0 Å². The summed E-state index contributed by atoms with van der Waals surface area (Å²) < 4.78 is 0. The van der Waals surface area contributed by atoms with E-state index in [2.05, 4.69) is 111 Å². The van der Waals surface area contributed by atoms with Crippen molar-refractivity contribution in [3.8, 4) is 0 Å². The Labute approximate surface area is 175 Å². The van der Waals surface area contributed by atoms with Crippen molar-refractivity contribution in [1.29, 1.82) is 0 Å². The van der Waals surface area contributed by atoms with E-state index in [-0.39, 0.29) is 0 Å². The minimum Gasteiger partial charge on any atom is -0.0805 e. The van der Waals surface area contributed by atoms with E-state index in [0.29, 0.717) is 11.8 Å². The van der Waals surface area contributed by atoms with Gasteiger partial charge in [0, 0.05) is 0 Å². The van der Waals surface area contributed by atoms with Crippen molar-refractivity contribution in [3.05, 3.63) is 82.0 Å². The molecule has 1 aromatic rings. The molecule has 0 aliphatic heterocycles. The third kappa shape index (κ3) is 8.46. The van der Waals surface area contributed by atoms with Crippen LogP contribution in [0, 0.1) is 25.7 Å². The molecule has 2 aliphatic carbocycles. The monoisotopic (exact) mass is 378 g/mol. The molecule has 154 valence electrons. The summed E-state index contributed by atoms with van der Waals surface area (Å²) in [6.07, 6.45) is 13.5. The maximum Gasteiger partial charge on any atom is -0.0130 e. The van der Waals surface area contributed by atoms with Gasteiger partial charge in [-0.05, 0) is 68.1 Å². The van der Waals surface area contributed by atoms with Crippen LogP contribution in [0.3, 0.4) is 0 Å². The normalized spacial score (nSPS) is 15.1. The zero-order valence-corrected chi connectivity index (χ0v) is 19.8. The molecule has 0 fully saturated rings. The number of hydrogen-bond acceptors (Lipinski definition) is 0. The lowest BCUT2D eigenvalue weighted by molar-refractivity contribution is 0.753. The Kier molecular flexibility index (Phi) is 10.3. The number of rotatable bonds is 3. The zero-order chi connectivity index (χ0) is 21.3. The summed E-state index contributed by atoms with van der Waals surface area (Å²) in [5.41, 5.74) is 8.80. The van der Waals surface area contributed by atoms with Gasteiger partial charge in [0.05, 0.1) is 0 Å². The van der Waals surface area contributed by atoms with Gasteiger partial charge in [0.25, 0.3) is 0 Å². The standard InChI is InChI=1S/C11H16.C9H14.C8H12/c1-8(2)11-6-5-9(3)7-10(11)4;1-7(2)9-5-4-8(3)6-9;1-7(2)8-5-3-4-6-8/h5-8H,1-4H3;5-7H,4H2,1-3H3;3-5,7H,6H2,1-2H3. The number of hydrogen-bond donors (Lipinski definition) is 0. The first-order chi connectivity index (χ1) is 13.1. The highest BCUT2D eigenvalue weighted by Crippen LogP contribution is 2.22. The van der Waals surface area contributed by atoms with Gasteiger partial charge in [0.2, 0.25) is 0 Å². The fourth-order valence-corrected chi connectivity index (χ4v) is 3.45. The van der Waals surface area contributed by atoms with Crippen LogP contribution in [0.25, 0.3) is 0 Å². The van der Waals surface area contributed by atoms with Crippen molar-refractivity contribution < 1.29 is 0 Å². The molecule has 28 heavy (non-hydrogen) atoms. The fourth-order valence-electron chi connectivity index (χ4n) is 3.45. The highest BCUT2D eigenvalue weighted by molar-refractivity contribution is 5.33. The van der Waals surface area contributed by atoms with Crippen molar-refractivity contribution in [2.75, 3.05) is 0 Å². The molecule has 0 heterocycles. The molecule has 1 aromatic carbocycles. The van der Waals surface area contributed by atoms with Crippen LogP contribution in [-0.4, -0.2) is 0 Å². The predicted octanol–water partition coefficient (Wildman–Crippen LogP) is 8.87. The van der Waals surface area contributed by atoms with E-state index >= 15 is 0 Å². The van der Waals surface area contributed by atoms with Crippen molar-refractivity contribution in [3.63, 3.8) is 0 Å². The first kappa shape index (κ1) is 24.2. The van der Waals surface area contributed by atoms with Gasteiger partial charge < -0.3 is 0 Å². The molecule has 0 nitrogen and oxygen atoms in total. The third-order valence-corrected chi connectivity index (χ3v) is 5.33.